The molecule has 110 valence electrons. The van der Waals surface area contributed by atoms with Gasteiger partial charge >= 0.3 is 12.0 Å². The highest BCUT2D eigenvalue weighted by Gasteiger charge is 2.37. The number of hydrogen-bond acceptors (Lipinski definition) is 4. The molecule has 1 fully saturated rings. The summed E-state index contributed by atoms with van der Waals surface area (Å²) in [7, 11) is 0. The largest absolute Gasteiger partial charge is 0.480 e. The van der Waals surface area contributed by atoms with Gasteiger partial charge in [0.15, 0.2) is 0 Å². The number of carboxylic acid groups (broad SMARTS) is 1. The topological polar surface area (TPSA) is 60.9 Å². The molecule has 2 heterocycles. The van der Waals surface area contributed by atoms with E-state index >= 15 is 0 Å². The second-order valence-corrected chi connectivity index (χ2v) is 6.94. The van der Waals surface area contributed by atoms with Crippen LogP contribution in [0.25, 0.3) is 0 Å². The third-order valence-corrected chi connectivity index (χ3v) is 5.06. The quantitative estimate of drug-likeness (QED) is 0.928. The van der Waals surface area contributed by atoms with E-state index in [9.17, 15) is 14.7 Å². The average Bonchev–Trinajstić information content (AvgIpc) is 3.05. The molecule has 1 aromatic heterocycles. The van der Waals surface area contributed by atoms with Crippen molar-refractivity contribution in [1.82, 2.24) is 9.80 Å². The van der Waals surface area contributed by atoms with E-state index in [0.29, 0.717) is 18.2 Å². The van der Waals surface area contributed by atoms with Gasteiger partial charge in [0.05, 0.1) is 12.4 Å². The molecule has 2 amide bonds. The van der Waals surface area contributed by atoms with Gasteiger partial charge in [-0.1, -0.05) is 6.07 Å². The number of carbonyl (C=O) groups excluding carboxylic acids is 1. The molecule has 1 atom stereocenters. The van der Waals surface area contributed by atoms with Crippen LogP contribution in [-0.2, 0) is 11.3 Å². The van der Waals surface area contributed by atoms with Gasteiger partial charge in [0.1, 0.15) is 6.04 Å². The molecule has 1 aliphatic rings. The Morgan fingerprint density at radius 1 is 1.55 bits per heavy atom. The molecule has 0 radical (unpaired) electrons. The van der Waals surface area contributed by atoms with Crippen molar-refractivity contribution in [3.05, 3.63) is 22.4 Å². The molecule has 2 rings (SSSR count). The number of carbonyl (C=O) groups is 2. The van der Waals surface area contributed by atoms with Crippen molar-refractivity contribution in [3.63, 3.8) is 0 Å². The molecular weight excluding hydrogens is 296 g/mol. The Balaban J connectivity index is 2.12. The Hall–Kier alpha value is -1.21. The fourth-order valence-corrected chi connectivity index (χ4v) is 3.88. The molecule has 0 aromatic carbocycles. The van der Waals surface area contributed by atoms with Crippen molar-refractivity contribution in [2.75, 3.05) is 11.6 Å². The van der Waals surface area contributed by atoms with E-state index in [-0.39, 0.29) is 12.1 Å². The number of thiophene rings is 1. The van der Waals surface area contributed by atoms with Crippen LogP contribution in [0.4, 0.5) is 4.79 Å². The summed E-state index contributed by atoms with van der Waals surface area (Å²) in [5.74, 6) is -0.0154. The van der Waals surface area contributed by atoms with Crippen LogP contribution in [0.5, 0.6) is 0 Å². The summed E-state index contributed by atoms with van der Waals surface area (Å²) in [4.78, 5) is 28.1. The number of amides is 2. The van der Waals surface area contributed by atoms with Gasteiger partial charge in [0.25, 0.3) is 0 Å². The van der Waals surface area contributed by atoms with Crippen molar-refractivity contribution in [3.8, 4) is 0 Å². The summed E-state index contributed by atoms with van der Waals surface area (Å²) in [6, 6.07) is 3.07. The predicted octanol–water partition coefficient (Wildman–Crippen LogP) is 2.54. The number of rotatable bonds is 4. The lowest BCUT2D eigenvalue weighted by Crippen LogP contribution is -2.50. The molecule has 1 unspecified atom stereocenters. The minimum Gasteiger partial charge on any atom is -0.480 e. The zero-order valence-corrected chi connectivity index (χ0v) is 13.1. The lowest BCUT2D eigenvalue weighted by Gasteiger charge is -2.32. The molecule has 20 heavy (non-hydrogen) atoms. The second kappa shape index (κ2) is 6.49. The average molecular weight is 314 g/mol. The Bertz CT molecular complexity index is 476. The standard InChI is InChI=1S/C13H18N2O3S2/c1-9(2)14(6-10-4-3-5-20-10)13(18)15-8-19-7-11(15)12(16)17/h3-5,9,11H,6-8H2,1-2H3,(H,16,17). The maximum atomic E-state index is 12.6. The maximum Gasteiger partial charge on any atom is 0.327 e. The minimum absolute atomic E-state index is 0.0321. The van der Waals surface area contributed by atoms with Crippen LogP contribution < -0.4 is 0 Å². The zero-order valence-electron chi connectivity index (χ0n) is 11.5. The Morgan fingerprint density at radius 3 is 2.85 bits per heavy atom. The summed E-state index contributed by atoms with van der Waals surface area (Å²) in [5.41, 5.74) is 0. The molecule has 0 aliphatic carbocycles. The van der Waals surface area contributed by atoms with Gasteiger partial charge in [-0.05, 0) is 25.3 Å². The first-order valence-corrected chi connectivity index (χ1v) is 8.44. The highest BCUT2D eigenvalue weighted by atomic mass is 32.2. The number of thioether (sulfide) groups is 1. The van der Waals surface area contributed by atoms with Crippen LogP contribution in [0.15, 0.2) is 17.5 Å². The van der Waals surface area contributed by atoms with E-state index in [4.69, 9.17) is 0 Å². The van der Waals surface area contributed by atoms with Crippen LogP contribution in [0, 0.1) is 0 Å². The molecule has 0 saturated carbocycles. The molecule has 1 aromatic rings. The predicted molar refractivity (Wildman–Crippen MR) is 81.0 cm³/mol. The van der Waals surface area contributed by atoms with Crippen LogP contribution in [0.3, 0.4) is 0 Å². The third kappa shape index (κ3) is 3.27. The molecule has 7 heteroatoms. The fraction of sp³-hybridized carbons (Fsp3) is 0.538. The summed E-state index contributed by atoms with van der Waals surface area (Å²) >= 11 is 3.09. The van der Waals surface area contributed by atoms with Crippen molar-refractivity contribution in [2.45, 2.75) is 32.5 Å². The first-order valence-electron chi connectivity index (χ1n) is 6.41. The van der Waals surface area contributed by atoms with Crippen molar-refractivity contribution >= 4 is 35.1 Å². The van der Waals surface area contributed by atoms with Gasteiger partial charge in [0, 0.05) is 16.7 Å². The van der Waals surface area contributed by atoms with E-state index < -0.39 is 12.0 Å². The molecular formula is C13H18N2O3S2. The van der Waals surface area contributed by atoms with E-state index in [1.54, 1.807) is 16.2 Å². The third-order valence-electron chi connectivity index (χ3n) is 3.19. The van der Waals surface area contributed by atoms with Crippen molar-refractivity contribution in [2.24, 2.45) is 0 Å². The van der Waals surface area contributed by atoms with Gasteiger partial charge in [-0.25, -0.2) is 9.59 Å². The lowest BCUT2D eigenvalue weighted by molar-refractivity contribution is -0.141. The smallest absolute Gasteiger partial charge is 0.327 e. The summed E-state index contributed by atoms with van der Waals surface area (Å²) in [6.07, 6.45) is 0. The Kier molecular flexibility index (Phi) is 4.93. The van der Waals surface area contributed by atoms with E-state index in [0.717, 1.165) is 4.88 Å². The number of hydrogen-bond donors (Lipinski definition) is 1. The Morgan fingerprint density at radius 2 is 2.30 bits per heavy atom. The van der Waals surface area contributed by atoms with Gasteiger partial charge in [-0.15, -0.1) is 23.1 Å². The van der Waals surface area contributed by atoms with Crippen LogP contribution in [-0.4, -0.2) is 50.6 Å². The normalized spacial score (nSPS) is 18.6. The van der Waals surface area contributed by atoms with Crippen molar-refractivity contribution < 1.29 is 14.7 Å². The lowest BCUT2D eigenvalue weighted by atomic mass is 10.2. The maximum absolute atomic E-state index is 12.6. The van der Waals surface area contributed by atoms with Gasteiger partial charge in [-0.2, -0.15) is 0 Å². The fourth-order valence-electron chi connectivity index (χ4n) is 2.04. The number of urea groups is 1. The van der Waals surface area contributed by atoms with E-state index in [2.05, 4.69) is 0 Å². The number of nitrogens with zero attached hydrogens (tertiary/aromatic N) is 2. The highest BCUT2D eigenvalue weighted by molar-refractivity contribution is 7.99. The molecule has 5 nitrogen and oxygen atoms in total. The van der Waals surface area contributed by atoms with Crippen LogP contribution >= 0.6 is 23.1 Å². The molecule has 1 N–H and O–H groups in total. The van der Waals surface area contributed by atoms with Crippen LogP contribution in [0.2, 0.25) is 0 Å². The Labute approximate surface area is 126 Å². The first-order chi connectivity index (χ1) is 9.50. The number of aliphatic carboxylic acids is 1. The van der Waals surface area contributed by atoms with Crippen LogP contribution in [0.1, 0.15) is 18.7 Å². The van der Waals surface area contributed by atoms with Gasteiger partial charge < -0.3 is 14.9 Å². The summed E-state index contributed by atoms with van der Waals surface area (Å²) in [6.45, 7) is 4.43. The second-order valence-electron chi connectivity index (χ2n) is 4.91. The van der Waals surface area contributed by atoms with Crippen molar-refractivity contribution in [1.29, 1.82) is 0 Å². The minimum atomic E-state index is -0.928. The zero-order chi connectivity index (χ0) is 14.7. The van der Waals surface area contributed by atoms with E-state index in [1.807, 2.05) is 31.4 Å². The molecule has 1 saturated heterocycles. The molecule has 0 spiro atoms. The summed E-state index contributed by atoms with van der Waals surface area (Å²) < 4.78 is 0. The SMILES string of the molecule is CC(C)N(Cc1cccs1)C(=O)N1CSCC1C(=O)O. The van der Waals surface area contributed by atoms with Gasteiger partial charge in [0.2, 0.25) is 0 Å². The number of carboxylic acids is 1. The highest BCUT2D eigenvalue weighted by Crippen LogP contribution is 2.24. The molecule has 1 aliphatic heterocycles. The first kappa shape index (κ1) is 15.2. The summed E-state index contributed by atoms with van der Waals surface area (Å²) in [5, 5.41) is 11.2. The van der Waals surface area contributed by atoms with Gasteiger partial charge in [-0.3, -0.25) is 0 Å². The molecule has 0 bridgehead atoms. The van der Waals surface area contributed by atoms with E-state index in [1.165, 1.54) is 16.7 Å². The monoisotopic (exact) mass is 314 g/mol.